The van der Waals surface area contributed by atoms with Crippen molar-refractivity contribution in [1.82, 2.24) is 10.2 Å². The van der Waals surface area contributed by atoms with Crippen LogP contribution in [0.25, 0.3) is 6.08 Å². The van der Waals surface area contributed by atoms with Gasteiger partial charge in [0.05, 0.1) is 0 Å². The molecular weight excluding hydrogens is 554 g/mol. The Morgan fingerprint density at radius 2 is 1.66 bits per heavy atom. The van der Waals surface area contributed by atoms with Crippen LogP contribution in [-0.2, 0) is 20.7 Å². The van der Waals surface area contributed by atoms with Crippen molar-refractivity contribution in [2.24, 2.45) is 5.92 Å². The molecule has 0 bridgehead atoms. The van der Waals surface area contributed by atoms with E-state index in [-0.39, 0.29) is 30.0 Å². The Morgan fingerprint density at radius 3 is 2.23 bits per heavy atom. The van der Waals surface area contributed by atoms with Crippen molar-refractivity contribution in [2.45, 2.75) is 78.1 Å². The molecule has 44 heavy (non-hydrogen) atoms. The minimum atomic E-state index is -1.04. The van der Waals surface area contributed by atoms with Crippen LogP contribution in [0.4, 0.5) is 10.5 Å². The highest BCUT2D eigenvalue weighted by molar-refractivity contribution is 6.00. The number of hydrogen-bond acceptors (Lipinski definition) is 5. The fraction of sp³-hybridized carbons (Fsp3) is 0.361. The number of carbonyl (C=O) groups is 3. The first kappa shape index (κ1) is 32.3. The van der Waals surface area contributed by atoms with E-state index in [1.54, 1.807) is 43.9 Å². The summed E-state index contributed by atoms with van der Waals surface area (Å²) in [5, 5.41) is 15.7. The molecule has 3 aromatic rings. The molecule has 0 spiro atoms. The number of ether oxygens (including phenoxy) is 1. The average molecular weight is 598 g/mol. The summed E-state index contributed by atoms with van der Waals surface area (Å²) in [5.74, 6) is -0.496. The predicted molar refractivity (Wildman–Crippen MR) is 173 cm³/mol. The lowest BCUT2D eigenvalue weighted by atomic mass is 9.98. The number of carbonyl (C=O) groups excluding carboxylic acids is 3. The molecule has 1 aliphatic rings. The van der Waals surface area contributed by atoms with Gasteiger partial charge in [-0.05, 0) is 93.0 Å². The Labute approximate surface area is 260 Å². The van der Waals surface area contributed by atoms with Crippen LogP contribution in [0.5, 0.6) is 5.75 Å². The van der Waals surface area contributed by atoms with Crippen molar-refractivity contribution < 1.29 is 24.2 Å². The third-order valence-electron chi connectivity index (χ3n) is 7.76. The fourth-order valence-corrected chi connectivity index (χ4v) is 5.37. The standard InChI is InChI=1S/C36H43N3O5/c1-8-25-13-10-14-27(20-25)32(33(41)38-31-22(2)11-9-12-23(31)3)39(30-19-24(30)4)34(42)29(37-35(43)44-36(5,6)7)21-26-15-17-28(40)18-16-26/h8-18,20,24,29-30,32,40H,1,19,21H2,2-7H3,(H,37,43)(H,38,41). The number of nitrogens with zero attached hydrogens (tertiary/aromatic N) is 1. The fourth-order valence-electron chi connectivity index (χ4n) is 5.37. The number of para-hydroxylation sites is 1. The zero-order chi connectivity index (χ0) is 32.2. The monoisotopic (exact) mass is 597 g/mol. The van der Waals surface area contributed by atoms with Crippen LogP contribution in [0.3, 0.4) is 0 Å². The lowest BCUT2D eigenvalue weighted by molar-refractivity contribution is -0.141. The van der Waals surface area contributed by atoms with Gasteiger partial charge < -0.3 is 25.4 Å². The average Bonchev–Trinajstić information content (AvgIpc) is 3.68. The molecule has 4 rings (SSSR count). The number of phenolic OH excluding ortho intramolecular Hbond substituents is 1. The smallest absolute Gasteiger partial charge is 0.408 e. The first-order valence-corrected chi connectivity index (χ1v) is 15.0. The van der Waals surface area contributed by atoms with Gasteiger partial charge in [0.2, 0.25) is 5.91 Å². The lowest BCUT2D eigenvalue weighted by Crippen LogP contribution is -2.54. The molecule has 0 aliphatic heterocycles. The van der Waals surface area contributed by atoms with Crippen LogP contribution < -0.4 is 10.6 Å². The van der Waals surface area contributed by atoms with E-state index in [2.05, 4.69) is 17.2 Å². The van der Waals surface area contributed by atoms with E-state index in [9.17, 15) is 19.5 Å². The number of hydrogen-bond donors (Lipinski definition) is 3. The summed E-state index contributed by atoms with van der Waals surface area (Å²) in [4.78, 5) is 43.7. The van der Waals surface area contributed by atoms with Crippen LogP contribution in [0.15, 0.2) is 73.3 Å². The van der Waals surface area contributed by atoms with E-state index < -0.39 is 29.7 Å². The van der Waals surface area contributed by atoms with Crippen LogP contribution in [0, 0.1) is 19.8 Å². The van der Waals surface area contributed by atoms with Gasteiger partial charge in [-0.1, -0.05) is 68.1 Å². The van der Waals surface area contributed by atoms with Crippen molar-refractivity contribution in [3.8, 4) is 5.75 Å². The quantitative estimate of drug-likeness (QED) is 0.241. The molecular formula is C36H43N3O5. The van der Waals surface area contributed by atoms with Crippen molar-refractivity contribution in [2.75, 3.05) is 5.32 Å². The highest BCUT2D eigenvalue weighted by Crippen LogP contribution is 2.41. The second kappa shape index (κ2) is 13.4. The van der Waals surface area contributed by atoms with Gasteiger partial charge in [0.1, 0.15) is 23.4 Å². The third-order valence-corrected chi connectivity index (χ3v) is 7.76. The van der Waals surface area contributed by atoms with Gasteiger partial charge in [-0.15, -0.1) is 0 Å². The number of aryl methyl sites for hydroxylation is 2. The molecule has 0 aromatic heterocycles. The summed E-state index contributed by atoms with van der Waals surface area (Å²) in [7, 11) is 0. The molecule has 3 amide bonds. The molecule has 4 atom stereocenters. The Hall–Kier alpha value is -4.59. The summed E-state index contributed by atoms with van der Waals surface area (Å²) in [5.41, 5.74) is 3.92. The van der Waals surface area contributed by atoms with Crippen LogP contribution in [0.2, 0.25) is 0 Å². The van der Waals surface area contributed by atoms with Crippen molar-refractivity contribution in [1.29, 1.82) is 0 Å². The number of anilines is 1. The van der Waals surface area contributed by atoms with Crippen LogP contribution in [0.1, 0.15) is 68.0 Å². The maximum atomic E-state index is 14.7. The maximum absolute atomic E-state index is 14.7. The normalized spacial score (nSPS) is 17.1. The zero-order valence-corrected chi connectivity index (χ0v) is 26.4. The molecule has 1 fully saturated rings. The number of alkyl carbamates (subject to hydrolysis) is 1. The topological polar surface area (TPSA) is 108 Å². The Kier molecular flexibility index (Phi) is 9.82. The molecule has 3 aromatic carbocycles. The molecule has 8 nitrogen and oxygen atoms in total. The molecule has 1 saturated carbocycles. The third kappa shape index (κ3) is 8.07. The van der Waals surface area contributed by atoms with Crippen LogP contribution in [-0.4, -0.2) is 45.6 Å². The maximum Gasteiger partial charge on any atom is 0.408 e. The number of rotatable bonds is 10. The number of phenols is 1. The Morgan fingerprint density at radius 1 is 1.05 bits per heavy atom. The number of aromatic hydroxyl groups is 1. The predicted octanol–water partition coefficient (Wildman–Crippen LogP) is 6.70. The van der Waals surface area contributed by atoms with Gasteiger partial charge >= 0.3 is 6.09 Å². The second-order valence-electron chi connectivity index (χ2n) is 12.6. The van der Waals surface area contributed by atoms with E-state index >= 15 is 0 Å². The van der Waals surface area contributed by atoms with E-state index in [1.807, 2.05) is 63.2 Å². The molecule has 0 radical (unpaired) electrons. The van der Waals surface area contributed by atoms with E-state index in [0.717, 1.165) is 28.7 Å². The lowest BCUT2D eigenvalue weighted by Gasteiger charge is -2.35. The highest BCUT2D eigenvalue weighted by atomic mass is 16.6. The van der Waals surface area contributed by atoms with Gasteiger partial charge in [-0.2, -0.15) is 0 Å². The van der Waals surface area contributed by atoms with Crippen molar-refractivity contribution in [3.05, 3.63) is 101 Å². The minimum absolute atomic E-state index is 0.0931. The van der Waals surface area contributed by atoms with E-state index in [0.29, 0.717) is 11.3 Å². The minimum Gasteiger partial charge on any atom is -0.508 e. The summed E-state index contributed by atoms with van der Waals surface area (Å²) in [6, 6.07) is 17.5. The van der Waals surface area contributed by atoms with Gasteiger partial charge in [-0.25, -0.2) is 4.79 Å². The van der Waals surface area contributed by atoms with Crippen molar-refractivity contribution >= 4 is 29.7 Å². The first-order valence-electron chi connectivity index (χ1n) is 15.0. The highest BCUT2D eigenvalue weighted by Gasteiger charge is 2.48. The molecule has 0 heterocycles. The van der Waals surface area contributed by atoms with Gasteiger partial charge in [0, 0.05) is 18.2 Å². The molecule has 4 unspecified atom stereocenters. The van der Waals surface area contributed by atoms with E-state index in [1.165, 1.54) is 12.1 Å². The molecule has 3 N–H and O–H groups in total. The molecule has 232 valence electrons. The van der Waals surface area contributed by atoms with Gasteiger partial charge in [-0.3, -0.25) is 9.59 Å². The number of nitrogens with one attached hydrogen (secondary N) is 2. The second-order valence-corrected chi connectivity index (χ2v) is 12.6. The largest absolute Gasteiger partial charge is 0.508 e. The Bertz CT molecular complexity index is 1510. The van der Waals surface area contributed by atoms with Gasteiger partial charge in [0.15, 0.2) is 0 Å². The van der Waals surface area contributed by atoms with E-state index in [4.69, 9.17) is 4.74 Å². The number of benzene rings is 3. The van der Waals surface area contributed by atoms with Crippen molar-refractivity contribution in [3.63, 3.8) is 0 Å². The first-order chi connectivity index (χ1) is 20.8. The summed E-state index contributed by atoms with van der Waals surface area (Å²) in [6.07, 6.45) is 1.82. The zero-order valence-electron chi connectivity index (χ0n) is 26.4. The SMILES string of the molecule is C=Cc1cccc(C(C(=O)Nc2c(C)cccc2C)N(C(=O)C(Cc2ccc(O)cc2)NC(=O)OC(C)(C)C)C2CC2C)c1. The summed E-state index contributed by atoms with van der Waals surface area (Å²) < 4.78 is 5.53. The number of amides is 3. The Balaban J connectivity index is 1.79. The van der Waals surface area contributed by atoms with Gasteiger partial charge in [0.25, 0.3) is 5.91 Å². The van der Waals surface area contributed by atoms with Crippen LogP contribution >= 0.6 is 0 Å². The molecule has 8 heteroatoms. The molecule has 0 saturated heterocycles. The summed E-state index contributed by atoms with van der Waals surface area (Å²) >= 11 is 0. The molecule has 1 aliphatic carbocycles. The summed E-state index contributed by atoms with van der Waals surface area (Å²) in [6.45, 7) is 15.1.